The maximum atomic E-state index is 12.4. The van der Waals surface area contributed by atoms with Crippen molar-refractivity contribution in [3.63, 3.8) is 0 Å². The molecule has 0 saturated heterocycles. The third kappa shape index (κ3) is 5.98. The number of carbonyl (C=O) groups excluding carboxylic acids is 2. The summed E-state index contributed by atoms with van der Waals surface area (Å²) in [5, 5.41) is 16.4. The van der Waals surface area contributed by atoms with E-state index in [1.54, 1.807) is 27.8 Å². The van der Waals surface area contributed by atoms with E-state index in [9.17, 15) is 9.59 Å². The van der Waals surface area contributed by atoms with Crippen LogP contribution in [0.2, 0.25) is 0 Å². The number of nitrogens with zero attached hydrogens (tertiary/aromatic N) is 5. The van der Waals surface area contributed by atoms with Gasteiger partial charge in [-0.3, -0.25) is 4.79 Å². The molecular weight excluding hydrogens is 348 g/mol. The fraction of sp³-hybridized carbons (Fsp3) is 0.444. The van der Waals surface area contributed by atoms with Crippen LogP contribution in [-0.4, -0.2) is 49.9 Å². The van der Waals surface area contributed by atoms with E-state index in [4.69, 9.17) is 10.5 Å². The van der Waals surface area contributed by atoms with Gasteiger partial charge in [-0.15, -0.1) is 20.4 Å². The Hall–Kier alpha value is -3.10. The predicted molar refractivity (Wildman–Crippen MR) is 98.2 cm³/mol. The van der Waals surface area contributed by atoms with Crippen LogP contribution in [0.4, 0.5) is 4.79 Å². The Morgan fingerprint density at radius 3 is 2.22 bits per heavy atom. The van der Waals surface area contributed by atoms with Gasteiger partial charge in [0.05, 0.1) is 6.04 Å². The van der Waals surface area contributed by atoms with Crippen molar-refractivity contribution in [2.24, 2.45) is 5.73 Å². The summed E-state index contributed by atoms with van der Waals surface area (Å²) < 4.78 is 5.38. The maximum Gasteiger partial charge on any atom is 0.410 e. The summed E-state index contributed by atoms with van der Waals surface area (Å²) in [6.45, 7) is 5.31. The van der Waals surface area contributed by atoms with E-state index < -0.39 is 23.6 Å². The molecule has 0 fully saturated rings. The normalized spacial score (nSPS) is 12.3. The molecule has 2 rings (SSSR count). The van der Waals surface area contributed by atoms with Gasteiger partial charge in [-0.2, -0.15) is 0 Å². The minimum Gasteiger partial charge on any atom is -0.444 e. The molecule has 1 unspecified atom stereocenters. The summed E-state index contributed by atoms with van der Waals surface area (Å²) in [6.07, 6.45) is -0.270. The summed E-state index contributed by atoms with van der Waals surface area (Å²) in [4.78, 5) is 24.9. The fourth-order valence-electron chi connectivity index (χ4n) is 2.31. The Balaban J connectivity index is 2.25. The van der Waals surface area contributed by atoms with Crippen LogP contribution in [0, 0.1) is 0 Å². The van der Waals surface area contributed by atoms with Crippen LogP contribution in [-0.2, 0) is 9.53 Å². The molecule has 1 atom stereocenters. The Labute approximate surface area is 157 Å². The van der Waals surface area contributed by atoms with Gasteiger partial charge in [0, 0.05) is 19.0 Å². The lowest BCUT2D eigenvalue weighted by molar-refractivity contribution is -0.118. The van der Waals surface area contributed by atoms with Crippen LogP contribution < -0.4 is 5.73 Å². The molecule has 0 saturated carbocycles. The fourth-order valence-corrected chi connectivity index (χ4v) is 2.31. The number of hydrogen-bond donors (Lipinski definition) is 1. The zero-order valence-corrected chi connectivity index (χ0v) is 15.9. The molecule has 0 aliphatic rings. The number of benzene rings is 1. The lowest BCUT2D eigenvalue weighted by atomic mass is 10.1. The number of ether oxygens (including phenoxy) is 1. The highest BCUT2D eigenvalue weighted by Gasteiger charge is 2.29. The molecule has 2 amide bonds. The van der Waals surface area contributed by atoms with Gasteiger partial charge in [-0.1, -0.05) is 30.3 Å². The molecule has 1 aromatic heterocycles. The van der Waals surface area contributed by atoms with Gasteiger partial charge in [0.1, 0.15) is 5.60 Å². The minimum absolute atomic E-state index is 0.0571. The molecule has 27 heavy (non-hydrogen) atoms. The van der Waals surface area contributed by atoms with E-state index in [1.807, 2.05) is 30.3 Å². The third-order valence-corrected chi connectivity index (χ3v) is 3.64. The first-order chi connectivity index (χ1) is 12.7. The SMILES string of the molecule is CN(C(=O)OC(C)(C)C)C(CCC(N)=O)c1nnc(-c2ccccc2)nn1. The van der Waals surface area contributed by atoms with E-state index in [0.717, 1.165) is 5.56 Å². The van der Waals surface area contributed by atoms with E-state index >= 15 is 0 Å². The average molecular weight is 372 g/mol. The van der Waals surface area contributed by atoms with Gasteiger partial charge in [0.15, 0.2) is 5.82 Å². The van der Waals surface area contributed by atoms with Crippen molar-refractivity contribution in [3.05, 3.63) is 36.2 Å². The van der Waals surface area contributed by atoms with Gasteiger partial charge < -0.3 is 15.4 Å². The van der Waals surface area contributed by atoms with Crippen LogP contribution in [0.5, 0.6) is 0 Å². The number of rotatable bonds is 6. The Morgan fingerprint density at radius 2 is 1.70 bits per heavy atom. The standard InChI is InChI=1S/C18H24N6O3/c1-18(2,3)27-17(26)24(4)13(10-11-14(19)25)16-22-20-15(21-23-16)12-8-6-5-7-9-12/h5-9,13H,10-11H2,1-4H3,(H2,19,25). The van der Waals surface area contributed by atoms with Gasteiger partial charge in [-0.25, -0.2) is 4.79 Å². The van der Waals surface area contributed by atoms with E-state index in [-0.39, 0.29) is 18.7 Å². The van der Waals surface area contributed by atoms with Crippen molar-refractivity contribution in [3.8, 4) is 11.4 Å². The Kier molecular flexibility index (Phi) is 6.38. The summed E-state index contributed by atoms with van der Waals surface area (Å²) in [7, 11) is 1.55. The van der Waals surface area contributed by atoms with Gasteiger partial charge in [-0.05, 0) is 27.2 Å². The van der Waals surface area contributed by atoms with E-state index in [0.29, 0.717) is 5.82 Å². The molecule has 1 aromatic carbocycles. The van der Waals surface area contributed by atoms with Crippen molar-refractivity contribution in [2.45, 2.75) is 45.3 Å². The summed E-state index contributed by atoms with van der Waals surface area (Å²) in [5.41, 5.74) is 5.37. The zero-order chi connectivity index (χ0) is 20.0. The van der Waals surface area contributed by atoms with Crippen molar-refractivity contribution in [2.75, 3.05) is 7.05 Å². The van der Waals surface area contributed by atoms with Gasteiger partial charge in [0.25, 0.3) is 0 Å². The second kappa shape index (κ2) is 8.52. The lowest BCUT2D eigenvalue weighted by Gasteiger charge is -2.29. The molecule has 1 heterocycles. The number of primary amides is 1. The second-order valence-electron chi connectivity index (χ2n) is 7.06. The van der Waals surface area contributed by atoms with Crippen LogP contribution in [0.3, 0.4) is 0 Å². The molecule has 0 radical (unpaired) electrons. The largest absolute Gasteiger partial charge is 0.444 e. The minimum atomic E-state index is -0.659. The zero-order valence-electron chi connectivity index (χ0n) is 15.9. The second-order valence-corrected chi connectivity index (χ2v) is 7.06. The smallest absolute Gasteiger partial charge is 0.410 e. The molecule has 0 aliphatic carbocycles. The Bertz CT molecular complexity index is 774. The highest BCUT2D eigenvalue weighted by atomic mass is 16.6. The topological polar surface area (TPSA) is 124 Å². The number of carbonyl (C=O) groups is 2. The maximum absolute atomic E-state index is 12.4. The van der Waals surface area contributed by atoms with Crippen molar-refractivity contribution in [1.29, 1.82) is 0 Å². The average Bonchev–Trinajstić information content (AvgIpc) is 2.61. The monoisotopic (exact) mass is 372 g/mol. The number of nitrogens with two attached hydrogens (primary N) is 1. The molecule has 9 heteroatoms. The van der Waals surface area contributed by atoms with Gasteiger partial charge in [0.2, 0.25) is 11.7 Å². The third-order valence-electron chi connectivity index (χ3n) is 3.64. The summed E-state index contributed by atoms with van der Waals surface area (Å²) >= 11 is 0. The molecule has 2 N–H and O–H groups in total. The highest BCUT2D eigenvalue weighted by molar-refractivity contribution is 5.74. The highest BCUT2D eigenvalue weighted by Crippen LogP contribution is 2.23. The number of hydrogen-bond acceptors (Lipinski definition) is 7. The van der Waals surface area contributed by atoms with Crippen LogP contribution in [0.25, 0.3) is 11.4 Å². The molecule has 144 valence electrons. The van der Waals surface area contributed by atoms with Crippen molar-refractivity contribution < 1.29 is 14.3 Å². The molecule has 2 aromatic rings. The quantitative estimate of drug-likeness (QED) is 0.823. The lowest BCUT2D eigenvalue weighted by Crippen LogP contribution is -2.38. The van der Waals surface area contributed by atoms with Crippen LogP contribution in [0.1, 0.15) is 45.5 Å². The number of aromatic nitrogens is 4. The van der Waals surface area contributed by atoms with Crippen LogP contribution in [0.15, 0.2) is 30.3 Å². The van der Waals surface area contributed by atoms with Crippen molar-refractivity contribution >= 4 is 12.0 Å². The molecule has 0 spiro atoms. The van der Waals surface area contributed by atoms with Gasteiger partial charge >= 0.3 is 6.09 Å². The summed E-state index contributed by atoms with van der Waals surface area (Å²) in [6, 6.07) is 8.65. The number of amides is 2. The van der Waals surface area contributed by atoms with Crippen molar-refractivity contribution in [1.82, 2.24) is 25.3 Å². The van der Waals surface area contributed by atoms with Crippen LogP contribution >= 0.6 is 0 Å². The first kappa shape index (κ1) is 20.2. The first-order valence-electron chi connectivity index (χ1n) is 8.54. The predicted octanol–water partition coefficient (Wildman–Crippen LogP) is 2.11. The molecule has 0 bridgehead atoms. The Morgan fingerprint density at radius 1 is 1.11 bits per heavy atom. The van der Waals surface area contributed by atoms with E-state index in [2.05, 4.69) is 20.4 Å². The molecule has 9 nitrogen and oxygen atoms in total. The summed E-state index contributed by atoms with van der Waals surface area (Å²) in [5.74, 6) is 0.0941. The molecule has 0 aliphatic heterocycles. The first-order valence-corrected chi connectivity index (χ1v) is 8.54. The molecular formula is C18H24N6O3. The van der Waals surface area contributed by atoms with E-state index in [1.165, 1.54) is 4.90 Å².